The molecule has 4 rings (SSSR count). The normalized spacial score (nSPS) is 14.1. The summed E-state index contributed by atoms with van der Waals surface area (Å²) in [6.45, 7) is 8.00. The molecular formula is C24H56Li4O4Pd2. The second-order valence-electron chi connectivity index (χ2n) is 5.28. The van der Waals surface area contributed by atoms with Crippen molar-refractivity contribution >= 4 is 0 Å². The van der Waals surface area contributed by atoms with Gasteiger partial charge in [0.2, 0.25) is 0 Å². The first-order valence-electron chi connectivity index (χ1n) is 8.31. The third-order valence-corrected chi connectivity index (χ3v) is 3.31. The molecule has 4 nitrogen and oxygen atoms in total. The van der Waals surface area contributed by atoms with Crippen LogP contribution in [0.4, 0.5) is 0 Å². The Bertz CT molecular complexity index is 131. The van der Waals surface area contributed by atoms with Crippen LogP contribution < -0.4 is 75.4 Å². The van der Waals surface area contributed by atoms with Gasteiger partial charge >= 0.3 is 116 Å². The monoisotopic (exact) mass is 648 g/mol. The van der Waals surface area contributed by atoms with Crippen LogP contribution in [-0.4, -0.2) is 52.9 Å². The maximum Gasteiger partial charge on any atom is 2.00 e. The molecule has 0 unspecified atom stereocenters. The largest absolute Gasteiger partial charge is 2.00 e. The van der Waals surface area contributed by atoms with Crippen LogP contribution in [0.1, 0.15) is 51.4 Å². The molecule has 200 valence electrons. The zero-order valence-electron chi connectivity index (χ0n) is 25.6. The topological polar surface area (TPSA) is 36.9 Å². The average Bonchev–Trinajstić information content (AvgIpc) is 3.40. The van der Waals surface area contributed by atoms with Gasteiger partial charge in [-0.1, -0.05) is 0 Å². The molecule has 0 bridgehead atoms. The van der Waals surface area contributed by atoms with Crippen molar-refractivity contribution in [2.24, 2.45) is 0 Å². The van der Waals surface area contributed by atoms with E-state index in [4.69, 9.17) is 18.9 Å². The summed E-state index contributed by atoms with van der Waals surface area (Å²) in [5.74, 6) is 0. The summed E-state index contributed by atoms with van der Waals surface area (Å²) in [4.78, 5) is 0. The minimum atomic E-state index is 0. The van der Waals surface area contributed by atoms with E-state index in [0.717, 1.165) is 52.9 Å². The Morgan fingerprint density at radius 3 is 0.353 bits per heavy atom. The van der Waals surface area contributed by atoms with Gasteiger partial charge in [0, 0.05) is 52.9 Å². The van der Waals surface area contributed by atoms with Gasteiger partial charge in [-0.2, -0.15) is 0 Å². The summed E-state index contributed by atoms with van der Waals surface area (Å²) >= 11 is 0. The Labute approximate surface area is 295 Å². The predicted molar refractivity (Wildman–Crippen MR) is 132 cm³/mol. The van der Waals surface area contributed by atoms with Crippen molar-refractivity contribution in [3.63, 3.8) is 0 Å². The molecule has 0 amide bonds. The Hall–Kier alpha value is 3.55. The van der Waals surface area contributed by atoms with Crippen LogP contribution in [0.25, 0.3) is 0 Å². The van der Waals surface area contributed by atoms with E-state index in [1.54, 1.807) is 0 Å². The first kappa shape index (κ1) is 90.4. The summed E-state index contributed by atoms with van der Waals surface area (Å²) < 4.78 is 19.8. The molecule has 4 fully saturated rings. The van der Waals surface area contributed by atoms with E-state index in [0.29, 0.717) is 0 Å². The molecule has 10 heteroatoms. The Morgan fingerprint density at radius 2 is 0.324 bits per heavy atom. The van der Waals surface area contributed by atoms with Crippen LogP contribution in [0.2, 0.25) is 0 Å². The molecule has 0 radical (unpaired) electrons. The van der Waals surface area contributed by atoms with Gasteiger partial charge in [0.05, 0.1) is 0 Å². The predicted octanol–water partition coefficient (Wildman–Crippen LogP) is -5.20. The number of hydrogen-bond donors (Lipinski definition) is 0. The van der Waals surface area contributed by atoms with Crippen LogP contribution in [-0.2, 0) is 59.8 Å². The van der Waals surface area contributed by atoms with E-state index < -0.39 is 0 Å². The van der Waals surface area contributed by atoms with Gasteiger partial charge in [-0.25, -0.2) is 0 Å². The van der Waals surface area contributed by atoms with Crippen molar-refractivity contribution in [3.05, 3.63) is 59.4 Å². The van der Waals surface area contributed by atoms with E-state index >= 15 is 0 Å². The van der Waals surface area contributed by atoms with E-state index in [-0.39, 0.29) is 176 Å². The minimum absolute atomic E-state index is 0. The number of rotatable bonds is 0. The van der Waals surface area contributed by atoms with E-state index in [2.05, 4.69) is 0 Å². The van der Waals surface area contributed by atoms with Crippen LogP contribution in [0.15, 0.2) is 0 Å². The first-order chi connectivity index (χ1) is 10.0. The summed E-state index contributed by atoms with van der Waals surface area (Å²) in [5, 5.41) is 0. The zero-order chi connectivity index (χ0) is 14.1. The van der Waals surface area contributed by atoms with E-state index in [1.807, 2.05) is 0 Å². The average molecular weight is 649 g/mol. The zero-order valence-corrected chi connectivity index (χ0v) is 28.7. The van der Waals surface area contributed by atoms with Crippen molar-refractivity contribution in [3.8, 4) is 0 Å². The molecule has 4 aliphatic rings. The second kappa shape index (κ2) is 83.3. The van der Waals surface area contributed by atoms with Gasteiger partial charge in [-0.15, -0.1) is 0 Å². The Balaban J connectivity index is -0.0000000115. The maximum atomic E-state index is 4.94. The smallest absolute Gasteiger partial charge is 0.381 e. The van der Waals surface area contributed by atoms with Crippen molar-refractivity contribution in [1.29, 1.82) is 0 Å². The molecular weight excluding hydrogens is 593 g/mol. The van der Waals surface area contributed by atoms with Crippen molar-refractivity contribution in [2.75, 3.05) is 52.9 Å². The summed E-state index contributed by atoms with van der Waals surface area (Å²) in [5.41, 5.74) is 0. The second-order valence-corrected chi connectivity index (χ2v) is 5.28. The molecule has 4 heterocycles. The third kappa shape index (κ3) is 76.5. The summed E-state index contributed by atoms with van der Waals surface area (Å²) in [7, 11) is 0. The quantitative estimate of drug-likeness (QED) is 0.195. The van der Waals surface area contributed by atoms with E-state index in [1.165, 1.54) is 51.4 Å². The Kier molecular flexibility index (Phi) is 222. The number of ether oxygens (including phenoxy) is 4. The molecule has 0 aliphatic carbocycles. The van der Waals surface area contributed by atoms with Crippen LogP contribution in [0.5, 0.6) is 0 Å². The van der Waals surface area contributed by atoms with Gasteiger partial charge in [0.25, 0.3) is 0 Å². The third-order valence-electron chi connectivity index (χ3n) is 3.31. The minimum Gasteiger partial charge on any atom is -0.381 e. The molecule has 4 saturated heterocycles. The fourth-order valence-corrected chi connectivity index (χ4v) is 2.04. The molecule has 0 saturated carbocycles. The molecule has 0 N–H and O–H groups in total. The van der Waals surface area contributed by atoms with E-state index in [9.17, 15) is 0 Å². The van der Waals surface area contributed by atoms with Crippen LogP contribution in [0.3, 0.4) is 0 Å². The SMILES string of the molecule is C1CCOC1.C1CCOC1.C1CCOC1.C1CCOC1.[CH3-].[CH3-].[CH3-].[CH3-].[CH3-].[CH3-].[CH3-].[CH3-].[Li+].[Li+].[Li+].[Li+].[Pd+2].[Pd+2]. The fraction of sp³-hybridized carbons (Fsp3) is 0.667. The molecule has 0 aromatic heterocycles. The van der Waals surface area contributed by atoms with Gasteiger partial charge in [0.15, 0.2) is 0 Å². The van der Waals surface area contributed by atoms with Crippen molar-refractivity contribution in [1.82, 2.24) is 0 Å². The molecule has 0 aromatic carbocycles. The number of hydrogen-bond acceptors (Lipinski definition) is 4. The van der Waals surface area contributed by atoms with Crippen molar-refractivity contribution < 1.29 is 135 Å². The maximum absolute atomic E-state index is 4.94. The van der Waals surface area contributed by atoms with Gasteiger partial charge in [0.1, 0.15) is 0 Å². The molecule has 0 spiro atoms. The summed E-state index contributed by atoms with van der Waals surface area (Å²) in [6, 6.07) is 0. The fourth-order valence-electron chi connectivity index (χ4n) is 2.04. The van der Waals surface area contributed by atoms with Crippen molar-refractivity contribution in [2.45, 2.75) is 51.4 Å². The summed E-state index contributed by atoms with van der Waals surface area (Å²) in [6.07, 6.45) is 10.2. The first-order valence-corrected chi connectivity index (χ1v) is 8.31. The Morgan fingerprint density at radius 1 is 0.235 bits per heavy atom. The standard InChI is InChI=1S/4C4H8O.8CH3.4Li.2Pd/c4*1-2-4-5-3-1;;;;;;;;;;;;;;/h4*1-4H2;8*1H3;;;;;;/q;;;;8*-1;4*+1;2*+2. The molecule has 0 aromatic rings. The molecule has 4 aliphatic heterocycles. The van der Waals surface area contributed by atoms with Gasteiger partial charge in [-0.3, -0.25) is 0 Å². The van der Waals surface area contributed by atoms with Crippen LogP contribution in [0, 0.1) is 59.4 Å². The van der Waals surface area contributed by atoms with Crippen LogP contribution >= 0.6 is 0 Å². The molecule has 34 heavy (non-hydrogen) atoms. The van der Waals surface area contributed by atoms with Gasteiger partial charge in [-0.05, 0) is 51.4 Å². The van der Waals surface area contributed by atoms with Gasteiger partial charge < -0.3 is 78.4 Å². The molecule has 0 atom stereocenters.